The van der Waals surface area contributed by atoms with E-state index in [2.05, 4.69) is 5.32 Å². The molecule has 0 aliphatic heterocycles. The second-order valence-corrected chi connectivity index (χ2v) is 7.04. The van der Waals surface area contributed by atoms with E-state index in [1.165, 1.54) is 7.11 Å². The van der Waals surface area contributed by atoms with Crippen molar-refractivity contribution < 1.29 is 19.1 Å². The molecule has 0 spiro atoms. The largest absolute Gasteiger partial charge is 0.482 e. The molecule has 3 rings (SSSR count). The Balaban J connectivity index is 1.63. The molecule has 1 fully saturated rings. The second kappa shape index (κ2) is 8.44. The van der Waals surface area contributed by atoms with E-state index < -0.39 is 11.5 Å². The van der Waals surface area contributed by atoms with Crippen LogP contribution in [0.4, 0.5) is 0 Å². The summed E-state index contributed by atoms with van der Waals surface area (Å²) in [6.07, 6.45) is 2.92. The number of benzene rings is 2. The van der Waals surface area contributed by atoms with Gasteiger partial charge in [0.1, 0.15) is 11.3 Å². The SMILES string of the molecule is COC(=O)C1(NC(=O)COc2ccc(-c3ccccc3)cc2Cl)CCCC1. The number of carbonyl (C=O) groups is 2. The Bertz CT molecular complexity index is 816. The maximum atomic E-state index is 12.3. The van der Waals surface area contributed by atoms with Crippen LogP contribution in [0, 0.1) is 0 Å². The molecule has 142 valence electrons. The van der Waals surface area contributed by atoms with Gasteiger partial charge in [-0.05, 0) is 36.1 Å². The Morgan fingerprint density at radius 3 is 2.41 bits per heavy atom. The summed E-state index contributed by atoms with van der Waals surface area (Å²) in [6.45, 7) is -0.219. The van der Waals surface area contributed by atoms with E-state index in [0.29, 0.717) is 23.6 Å². The average molecular weight is 388 g/mol. The van der Waals surface area contributed by atoms with Gasteiger partial charge in [0, 0.05) is 0 Å². The van der Waals surface area contributed by atoms with Crippen LogP contribution in [0.1, 0.15) is 25.7 Å². The predicted molar refractivity (Wildman–Crippen MR) is 104 cm³/mol. The minimum Gasteiger partial charge on any atom is -0.482 e. The Labute approximate surface area is 163 Å². The second-order valence-electron chi connectivity index (χ2n) is 6.63. The summed E-state index contributed by atoms with van der Waals surface area (Å²) in [5.41, 5.74) is 1.08. The van der Waals surface area contributed by atoms with Crippen LogP contribution < -0.4 is 10.1 Å². The molecule has 0 unspecified atom stereocenters. The van der Waals surface area contributed by atoms with Gasteiger partial charge in [-0.3, -0.25) is 4.79 Å². The van der Waals surface area contributed by atoms with E-state index in [4.69, 9.17) is 21.1 Å². The van der Waals surface area contributed by atoms with Gasteiger partial charge in [0.2, 0.25) is 0 Å². The molecule has 1 saturated carbocycles. The van der Waals surface area contributed by atoms with E-state index >= 15 is 0 Å². The third-order valence-electron chi connectivity index (χ3n) is 4.81. The highest BCUT2D eigenvalue weighted by molar-refractivity contribution is 6.32. The van der Waals surface area contributed by atoms with Gasteiger partial charge in [0.25, 0.3) is 5.91 Å². The number of nitrogens with one attached hydrogen (secondary N) is 1. The number of methoxy groups -OCH3 is 1. The van der Waals surface area contributed by atoms with Crippen molar-refractivity contribution in [1.82, 2.24) is 5.32 Å². The van der Waals surface area contributed by atoms with Crippen LogP contribution in [0.5, 0.6) is 5.75 Å². The van der Waals surface area contributed by atoms with Crippen LogP contribution in [-0.4, -0.2) is 31.1 Å². The monoisotopic (exact) mass is 387 g/mol. The number of hydrogen-bond acceptors (Lipinski definition) is 4. The molecule has 0 saturated heterocycles. The molecule has 0 atom stereocenters. The highest BCUT2D eigenvalue weighted by atomic mass is 35.5. The summed E-state index contributed by atoms with van der Waals surface area (Å²) in [6, 6.07) is 15.3. The molecule has 0 radical (unpaired) electrons. The number of rotatable bonds is 6. The van der Waals surface area contributed by atoms with Gasteiger partial charge in [-0.2, -0.15) is 0 Å². The van der Waals surface area contributed by atoms with Crippen molar-refractivity contribution in [3.63, 3.8) is 0 Å². The molecule has 1 aliphatic carbocycles. The van der Waals surface area contributed by atoms with Crippen molar-refractivity contribution in [2.24, 2.45) is 0 Å². The summed E-state index contributed by atoms with van der Waals surface area (Å²) in [5.74, 6) is -0.353. The zero-order valence-electron chi connectivity index (χ0n) is 15.2. The fourth-order valence-electron chi connectivity index (χ4n) is 3.43. The summed E-state index contributed by atoms with van der Waals surface area (Å²) in [4.78, 5) is 24.4. The zero-order valence-corrected chi connectivity index (χ0v) is 15.9. The highest BCUT2D eigenvalue weighted by Gasteiger charge is 2.43. The van der Waals surface area contributed by atoms with Crippen LogP contribution in [0.2, 0.25) is 5.02 Å². The Hall–Kier alpha value is -2.53. The Kier molecular flexibility index (Phi) is 6.01. The maximum Gasteiger partial charge on any atom is 0.331 e. The number of carbonyl (C=O) groups excluding carboxylic acids is 2. The van der Waals surface area contributed by atoms with E-state index in [1.54, 1.807) is 12.1 Å². The third kappa shape index (κ3) is 4.42. The molecular weight excluding hydrogens is 366 g/mol. The quantitative estimate of drug-likeness (QED) is 0.761. The van der Waals surface area contributed by atoms with Gasteiger partial charge in [-0.25, -0.2) is 4.79 Å². The highest BCUT2D eigenvalue weighted by Crippen LogP contribution is 2.32. The molecule has 0 aromatic heterocycles. The molecule has 2 aromatic rings. The first kappa shape index (κ1) is 19.2. The maximum absolute atomic E-state index is 12.3. The van der Waals surface area contributed by atoms with Crippen LogP contribution >= 0.6 is 11.6 Å². The van der Waals surface area contributed by atoms with Gasteiger partial charge in [-0.15, -0.1) is 0 Å². The molecule has 6 heteroatoms. The Morgan fingerprint density at radius 1 is 1.07 bits per heavy atom. The van der Waals surface area contributed by atoms with Crippen LogP contribution in [-0.2, 0) is 14.3 Å². The normalized spacial score (nSPS) is 15.2. The van der Waals surface area contributed by atoms with Crippen molar-refractivity contribution in [3.8, 4) is 16.9 Å². The molecule has 1 aliphatic rings. The summed E-state index contributed by atoms with van der Waals surface area (Å²) in [7, 11) is 1.33. The van der Waals surface area contributed by atoms with Crippen molar-refractivity contribution in [2.75, 3.05) is 13.7 Å². The first-order valence-electron chi connectivity index (χ1n) is 8.91. The van der Waals surface area contributed by atoms with E-state index in [9.17, 15) is 9.59 Å². The number of amides is 1. The number of halogens is 1. The standard InChI is InChI=1S/C21H22ClNO4/c1-26-20(25)21(11-5-6-12-21)23-19(24)14-27-18-10-9-16(13-17(18)22)15-7-3-2-4-8-15/h2-4,7-10,13H,5-6,11-12,14H2,1H3,(H,23,24). The lowest BCUT2D eigenvalue weighted by Crippen LogP contribution is -2.54. The topological polar surface area (TPSA) is 64.6 Å². The van der Waals surface area contributed by atoms with E-state index in [0.717, 1.165) is 24.0 Å². The number of hydrogen-bond donors (Lipinski definition) is 1. The van der Waals surface area contributed by atoms with Crippen molar-refractivity contribution in [3.05, 3.63) is 53.6 Å². The van der Waals surface area contributed by atoms with Crippen molar-refractivity contribution in [2.45, 2.75) is 31.2 Å². The van der Waals surface area contributed by atoms with Crippen LogP contribution in [0.25, 0.3) is 11.1 Å². The predicted octanol–water partition coefficient (Wildman–Crippen LogP) is 3.99. The Morgan fingerprint density at radius 2 is 1.78 bits per heavy atom. The fourth-order valence-corrected chi connectivity index (χ4v) is 3.66. The average Bonchev–Trinajstić information content (AvgIpc) is 3.16. The molecule has 1 N–H and O–H groups in total. The lowest BCUT2D eigenvalue weighted by molar-refractivity contribution is -0.151. The third-order valence-corrected chi connectivity index (χ3v) is 5.11. The number of esters is 1. The molecule has 1 amide bonds. The summed E-state index contributed by atoms with van der Waals surface area (Å²) < 4.78 is 10.4. The van der Waals surface area contributed by atoms with Gasteiger partial charge in [-0.1, -0.05) is 60.8 Å². The molecule has 27 heavy (non-hydrogen) atoms. The van der Waals surface area contributed by atoms with Gasteiger partial charge < -0.3 is 14.8 Å². The van der Waals surface area contributed by atoms with Gasteiger partial charge in [0.05, 0.1) is 12.1 Å². The van der Waals surface area contributed by atoms with Crippen molar-refractivity contribution >= 4 is 23.5 Å². The fraction of sp³-hybridized carbons (Fsp3) is 0.333. The number of ether oxygens (including phenoxy) is 2. The summed E-state index contributed by atoms with van der Waals surface area (Å²) in [5, 5.41) is 3.21. The van der Waals surface area contributed by atoms with Gasteiger partial charge in [0.15, 0.2) is 6.61 Å². The minimum atomic E-state index is -0.934. The van der Waals surface area contributed by atoms with Crippen LogP contribution in [0.3, 0.4) is 0 Å². The summed E-state index contributed by atoms with van der Waals surface area (Å²) >= 11 is 6.30. The van der Waals surface area contributed by atoms with E-state index in [-0.39, 0.29) is 12.5 Å². The van der Waals surface area contributed by atoms with Gasteiger partial charge >= 0.3 is 5.97 Å². The minimum absolute atomic E-state index is 0.219. The molecular formula is C21H22ClNO4. The van der Waals surface area contributed by atoms with Crippen molar-refractivity contribution in [1.29, 1.82) is 0 Å². The lowest BCUT2D eigenvalue weighted by atomic mass is 9.98. The zero-order chi connectivity index (χ0) is 19.3. The van der Waals surface area contributed by atoms with Crippen LogP contribution in [0.15, 0.2) is 48.5 Å². The molecule has 0 bridgehead atoms. The molecule has 5 nitrogen and oxygen atoms in total. The smallest absolute Gasteiger partial charge is 0.331 e. The first-order chi connectivity index (χ1) is 13.0. The molecule has 2 aromatic carbocycles. The first-order valence-corrected chi connectivity index (χ1v) is 9.29. The van der Waals surface area contributed by atoms with E-state index in [1.807, 2.05) is 36.4 Å². The molecule has 0 heterocycles. The lowest BCUT2D eigenvalue weighted by Gasteiger charge is -2.27.